The van der Waals surface area contributed by atoms with E-state index >= 15 is 0 Å². The molecule has 0 radical (unpaired) electrons. The van der Waals surface area contributed by atoms with Gasteiger partial charge in [-0.2, -0.15) is 0 Å². The summed E-state index contributed by atoms with van der Waals surface area (Å²) in [5, 5.41) is 8.99. The normalized spacial score (nSPS) is 10.6. The van der Waals surface area contributed by atoms with Crippen molar-refractivity contribution in [1.29, 1.82) is 0 Å². The molecular formula is C26H31ClF2O4. The number of allylic oxidation sites excluding steroid dienone is 1. The summed E-state index contributed by atoms with van der Waals surface area (Å²) in [6, 6.07) is 11.7. The summed E-state index contributed by atoms with van der Waals surface area (Å²) in [5.74, 6) is -1.04. The van der Waals surface area contributed by atoms with E-state index < -0.39 is 22.4 Å². The van der Waals surface area contributed by atoms with Gasteiger partial charge in [-0.25, -0.2) is 13.6 Å². The van der Waals surface area contributed by atoms with Crippen LogP contribution in [0.25, 0.3) is 0 Å². The first-order valence-electron chi connectivity index (χ1n) is 9.96. The number of halogens is 3. The highest BCUT2D eigenvalue weighted by atomic mass is 35.5. The van der Waals surface area contributed by atoms with E-state index in [2.05, 4.69) is 13.2 Å². The van der Waals surface area contributed by atoms with Crippen LogP contribution in [-0.2, 0) is 25.5 Å². The van der Waals surface area contributed by atoms with Crippen LogP contribution in [0.3, 0.4) is 0 Å². The minimum atomic E-state index is -0.881. The maximum Gasteiger partial charge on any atom is 0.333 e. The number of hydrogen-bond donors (Lipinski definition) is 1. The van der Waals surface area contributed by atoms with Crippen molar-refractivity contribution in [3.63, 3.8) is 0 Å². The highest BCUT2D eigenvalue weighted by molar-refractivity contribution is 6.67. The molecule has 33 heavy (non-hydrogen) atoms. The van der Waals surface area contributed by atoms with E-state index in [1.165, 1.54) is 24.3 Å². The molecule has 0 bridgehead atoms. The van der Waals surface area contributed by atoms with Gasteiger partial charge in [0.1, 0.15) is 17.2 Å². The molecule has 0 saturated carbocycles. The van der Waals surface area contributed by atoms with E-state index in [9.17, 15) is 23.5 Å². The molecule has 0 amide bonds. The minimum absolute atomic E-state index is 0.280. The predicted octanol–water partition coefficient (Wildman–Crippen LogP) is 6.56. The average Bonchev–Trinajstić information content (AvgIpc) is 2.68. The van der Waals surface area contributed by atoms with Gasteiger partial charge in [0.15, 0.2) is 0 Å². The molecule has 0 heterocycles. The number of aliphatic hydroxyl groups is 1. The standard InChI is InChI=1S/C13H15FO2.C9H11FO.C4H5ClO/c1-9(2)12(15)16-13(3,4)10-5-7-11(14)8-6-10;1-9(2,11)7-3-5-8(10)6-4-7;1-3(2)4(5)6/h5-8H,1H2,2-4H3;3-6,11H,1-2H3;1H2,2H3. The fraction of sp³-hybridized carbons (Fsp3) is 0.308. The molecule has 0 fully saturated rings. The largest absolute Gasteiger partial charge is 0.451 e. The van der Waals surface area contributed by atoms with E-state index in [1.807, 2.05) is 0 Å². The fourth-order valence-electron chi connectivity index (χ4n) is 2.09. The first-order valence-corrected chi connectivity index (χ1v) is 10.3. The van der Waals surface area contributed by atoms with Crippen molar-refractivity contribution in [3.8, 4) is 0 Å². The molecule has 0 aliphatic rings. The van der Waals surface area contributed by atoms with E-state index in [0.717, 1.165) is 11.1 Å². The van der Waals surface area contributed by atoms with Crippen molar-refractivity contribution < 1.29 is 28.2 Å². The van der Waals surface area contributed by atoms with Crippen molar-refractivity contribution in [2.45, 2.75) is 52.7 Å². The summed E-state index contributed by atoms with van der Waals surface area (Å²) in [6.07, 6.45) is 0. The van der Waals surface area contributed by atoms with Crippen LogP contribution in [0.5, 0.6) is 0 Å². The lowest BCUT2D eigenvalue weighted by Gasteiger charge is -2.25. The van der Waals surface area contributed by atoms with Crippen LogP contribution in [0.2, 0.25) is 0 Å². The van der Waals surface area contributed by atoms with Crippen LogP contribution in [0.4, 0.5) is 8.78 Å². The van der Waals surface area contributed by atoms with Crippen LogP contribution in [0.1, 0.15) is 52.7 Å². The van der Waals surface area contributed by atoms with E-state index in [0.29, 0.717) is 11.1 Å². The van der Waals surface area contributed by atoms with Gasteiger partial charge < -0.3 is 9.84 Å². The second kappa shape index (κ2) is 13.0. The fourth-order valence-corrected chi connectivity index (χ4v) is 2.09. The average molecular weight is 481 g/mol. The second-order valence-electron chi connectivity index (χ2n) is 8.31. The lowest BCUT2D eigenvalue weighted by atomic mass is 9.98. The molecule has 0 aliphatic heterocycles. The molecule has 0 aliphatic carbocycles. The number of rotatable bonds is 5. The van der Waals surface area contributed by atoms with Gasteiger partial charge in [0, 0.05) is 11.1 Å². The Bertz CT molecular complexity index is 945. The minimum Gasteiger partial charge on any atom is -0.451 e. The van der Waals surface area contributed by atoms with Crippen molar-refractivity contribution in [2.75, 3.05) is 0 Å². The van der Waals surface area contributed by atoms with E-state index in [1.54, 1.807) is 65.8 Å². The second-order valence-corrected chi connectivity index (χ2v) is 8.65. The first-order chi connectivity index (χ1) is 15.0. The number of benzene rings is 2. The topological polar surface area (TPSA) is 63.6 Å². The van der Waals surface area contributed by atoms with Crippen molar-refractivity contribution in [3.05, 3.63) is 95.6 Å². The molecule has 0 aromatic heterocycles. The third-order valence-corrected chi connectivity index (χ3v) is 4.44. The molecule has 2 aromatic rings. The molecule has 0 saturated heterocycles. The van der Waals surface area contributed by atoms with Gasteiger partial charge in [-0.3, -0.25) is 4.79 Å². The van der Waals surface area contributed by atoms with Gasteiger partial charge in [-0.15, -0.1) is 0 Å². The van der Waals surface area contributed by atoms with Crippen molar-refractivity contribution in [2.24, 2.45) is 0 Å². The lowest BCUT2D eigenvalue weighted by Crippen LogP contribution is -2.25. The summed E-state index contributed by atoms with van der Waals surface area (Å²) >= 11 is 4.87. The Labute approximate surface area is 199 Å². The summed E-state index contributed by atoms with van der Waals surface area (Å²) < 4.78 is 30.4. The summed E-state index contributed by atoms with van der Waals surface area (Å²) in [7, 11) is 0. The van der Waals surface area contributed by atoms with E-state index in [-0.39, 0.29) is 11.6 Å². The number of esters is 1. The molecule has 0 unspecified atom stereocenters. The van der Waals surface area contributed by atoms with Crippen LogP contribution >= 0.6 is 11.6 Å². The number of carbonyl (C=O) groups is 2. The summed E-state index contributed by atoms with van der Waals surface area (Å²) in [4.78, 5) is 21.2. The molecule has 2 aromatic carbocycles. The lowest BCUT2D eigenvalue weighted by molar-refractivity contribution is -0.152. The molecule has 1 N–H and O–H groups in total. The number of carbonyl (C=O) groups excluding carboxylic acids is 2. The Morgan fingerprint density at radius 1 is 0.818 bits per heavy atom. The quantitative estimate of drug-likeness (QED) is 0.299. The molecule has 2 rings (SSSR count). The zero-order chi connectivity index (χ0) is 26.0. The Morgan fingerprint density at radius 3 is 1.42 bits per heavy atom. The molecular weight excluding hydrogens is 450 g/mol. The Kier molecular flexibility index (Phi) is 11.9. The highest BCUT2D eigenvalue weighted by Gasteiger charge is 2.25. The van der Waals surface area contributed by atoms with Crippen LogP contribution in [-0.4, -0.2) is 16.3 Å². The van der Waals surface area contributed by atoms with Gasteiger partial charge in [0.25, 0.3) is 0 Å². The molecule has 0 atom stereocenters. The van der Waals surface area contributed by atoms with E-state index in [4.69, 9.17) is 16.3 Å². The van der Waals surface area contributed by atoms with Crippen LogP contribution in [0, 0.1) is 11.6 Å². The van der Waals surface area contributed by atoms with Gasteiger partial charge in [-0.05, 0) is 88.5 Å². The maximum absolute atomic E-state index is 12.7. The van der Waals surface area contributed by atoms with Crippen LogP contribution in [0.15, 0.2) is 72.8 Å². The zero-order valence-electron chi connectivity index (χ0n) is 19.8. The molecule has 0 spiro atoms. The van der Waals surface area contributed by atoms with Gasteiger partial charge in [0.05, 0.1) is 5.60 Å². The number of hydrogen-bond acceptors (Lipinski definition) is 4. The zero-order valence-corrected chi connectivity index (χ0v) is 20.6. The van der Waals surface area contributed by atoms with Gasteiger partial charge in [0.2, 0.25) is 5.24 Å². The summed E-state index contributed by atoms with van der Waals surface area (Å²) in [6.45, 7) is 16.8. The van der Waals surface area contributed by atoms with Crippen molar-refractivity contribution >= 4 is 22.8 Å². The highest BCUT2D eigenvalue weighted by Crippen LogP contribution is 2.25. The third kappa shape index (κ3) is 12.1. The van der Waals surface area contributed by atoms with Gasteiger partial charge >= 0.3 is 5.97 Å². The summed E-state index contributed by atoms with van der Waals surface area (Å²) in [5.41, 5.74) is 0.520. The molecule has 4 nitrogen and oxygen atoms in total. The Morgan fingerprint density at radius 2 is 1.15 bits per heavy atom. The maximum atomic E-state index is 12.7. The Balaban J connectivity index is 0.000000520. The van der Waals surface area contributed by atoms with Crippen molar-refractivity contribution in [1.82, 2.24) is 0 Å². The molecule has 180 valence electrons. The first kappa shape index (κ1) is 30.2. The third-order valence-electron chi connectivity index (χ3n) is 4.12. The monoisotopic (exact) mass is 480 g/mol. The van der Waals surface area contributed by atoms with Crippen LogP contribution < -0.4 is 0 Å². The molecule has 7 heteroatoms. The SMILES string of the molecule is C=C(C)C(=O)Cl.C=C(C)C(=O)OC(C)(C)c1ccc(F)cc1.CC(C)(O)c1ccc(F)cc1. The predicted molar refractivity (Wildman–Crippen MR) is 128 cm³/mol. The van der Waals surface area contributed by atoms with Gasteiger partial charge in [-0.1, -0.05) is 37.4 Å². The Hall–Kier alpha value is -2.83. The number of ether oxygens (including phenoxy) is 1. The smallest absolute Gasteiger partial charge is 0.333 e.